The maximum absolute atomic E-state index is 12.4. The van der Waals surface area contributed by atoms with Crippen molar-refractivity contribution in [2.75, 3.05) is 11.9 Å². The molecule has 0 aromatic heterocycles. The Morgan fingerprint density at radius 2 is 1.86 bits per heavy atom. The van der Waals surface area contributed by atoms with E-state index in [9.17, 15) is 9.59 Å². The molecule has 0 unspecified atom stereocenters. The molecular weight excluding hydrogens is 300 g/mol. The smallest absolute Gasteiger partial charge is 0.239 e. The van der Waals surface area contributed by atoms with Crippen LogP contribution in [0.4, 0.5) is 5.69 Å². The highest BCUT2D eigenvalue weighted by molar-refractivity contribution is 6.31. The van der Waals surface area contributed by atoms with Gasteiger partial charge in [0.25, 0.3) is 0 Å². The van der Waals surface area contributed by atoms with Crippen molar-refractivity contribution >= 4 is 29.1 Å². The Labute approximate surface area is 137 Å². The molecule has 0 aliphatic rings. The van der Waals surface area contributed by atoms with Gasteiger partial charge in [-0.2, -0.15) is 0 Å². The summed E-state index contributed by atoms with van der Waals surface area (Å²) < 4.78 is 0. The molecule has 0 fully saturated rings. The molecule has 0 radical (unpaired) electrons. The summed E-state index contributed by atoms with van der Waals surface area (Å²) in [5.74, 6) is -0.114. The molecular formula is C17H25ClN2O2. The van der Waals surface area contributed by atoms with Gasteiger partial charge in [0.1, 0.15) is 5.41 Å². The average Bonchev–Trinajstić information content (AvgIpc) is 2.42. The van der Waals surface area contributed by atoms with E-state index in [4.69, 9.17) is 11.6 Å². The molecule has 0 spiro atoms. The first-order valence-corrected chi connectivity index (χ1v) is 7.88. The minimum Gasteiger partial charge on any atom is -0.355 e. The van der Waals surface area contributed by atoms with Gasteiger partial charge in [0.15, 0.2) is 0 Å². The SMILES string of the molecule is Cc1ccc(Cl)cc1NC(=O)C(C)(C)C(=O)NCCC(C)C. The molecule has 0 aliphatic heterocycles. The predicted octanol–water partition coefficient (Wildman–Crippen LogP) is 3.78. The van der Waals surface area contributed by atoms with Crippen LogP contribution in [0, 0.1) is 18.3 Å². The van der Waals surface area contributed by atoms with Crippen molar-refractivity contribution in [3.8, 4) is 0 Å². The summed E-state index contributed by atoms with van der Waals surface area (Å²) in [6.07, 6.45) is 0.886. The Morgan fingerprint density at radius 1 is 1.23 bits per heavy atom. The summed E-state index contributed by atoms with van der Waals surface area (Å²) in [4.78, 5) is 24.7. The number of carbonyl (C=O) groups excluding carboxylic acids is 2. The normalized spacial score (nSPS) is 11.4. The van der Waals surface area contributed by atoms with Crippen molar-refractivity contribution in [3.63, 3.8) is 0 Å². The number of hydrogen-bond donors (Lipinski definition) is 2. The van der Waals surface area contributed by atoms with Crippen molar-refractivity contribution in [2.24, 2.45) is 11.3 Å². The predicted molar refractivity (Wildman–Crippen MR) is 91.1 cm³/mol. The fraction of sp³-hybridized carbons (Fsp3) is 0.529. The molecule has 2 amide bonds. The lowest BCUT2D eigenvalue weighted by Gasteiger charge is -2.23. The van der Waals surface area contributed by atoms with Gasteiger partial charge in [0.05, 0.1) is 0 Å². The molecule has 2 N–H and O–H groups in total. The van der Waals surface area contributed by atoms with Crippen molar-refractivity contribution in [2.45, 2.75) is 41.0 Å². The van der Waals surface area contributed by atoms with E-state index in [0.29, 0.717) is 23.2 Å². The van der Waals surface area contributed by atoms with Crippen LogP contribution in [0.5, 0.6) is 0 Å². The minimum atomic E-state index is -1.15. The van der Waals surface area contributed by atoms with Crippen LogP contribution in [-0.4, -0.2) is 18.4 Å². The topological polar surface area (TPSA) is 58.2 Å². The quantitative estimate of drug-likeness (QED) is 0.782. The molecule has 1 rings (SSSR count). The fourth-order valence-corrected chi connectivity index (χ4v) is 1.98. The van der Waals surface area contributed by atoms with Crippen molar-refractivity contribution in [1.29, 1.82) is 0 Å². The Hall–Kier alpha value is -1.55. The highest BCUT2D eigenvalue weighted by atomic mass is 35.5. The Bertz CT molecular complexity index is 554. The largest absolute Gasteiger partial charge is 0.355 e. The van der Waals surface area contributed by atoms with Gasteiger partial charge in [0, 0.05) is 17.3 Å². The van der Waals surface area contributed by atoms with Crippen LogP contribution in [0.3, 0.4) is 0 Å². The number of hydrogen-bond acceptors (Lipinski definition) is 2. The van der Waals surface area contributed by atoms with Crippen molar-refractivity contribution < 1.29 is 9.59 Å². The van der Waals surface area contributed by atoms with E-state index >= 15 is 0 Å². The van der Waals surface area contributed by atoms with E-state index in [1.165, 1.54) is 0 Å². The molecule has 1 aromatic rings. The van der Waals surface area contributed by atoms with E-state index in [1.807, 2.05) is 13.0 Å². The number of rotatable bonds is 6. The van der Waals surface area contributed by atoms with E-state index in [2.05, 4.69) is 24.5 Å². The zero-order valence-corrected chi connectivity index (χ0v) is 14.7. The van der Waals surface area contributed by atoms with Gasteiger partial charge in [0.2, 0.25) is 11.8 Å². The number of amides is 2. The van der Waals surface area contributed by atoms with Crippen LogP contribution < -0.4 is 10.6 Å². The third-order valence-corrected chi connectivity index (χ3v) is 3.83. The van der Waals surface area contributed by atoms with E-state index in [1.54, 1.807) is 26.0 Å². The molecule has 1 aromatic carbocycles. The van der Waals surface area contributed by atoms with Crippen LogP contribution in [0.25, 0.3) is 0 Å². The van der Waals surface area contributed by atoms with Crippen LogP contribution in [0.15, 0.2) is 18.2 Å². The number of halogens is 1. The second kappa shape index (κ2) is 7.63. The molecule has 0 aliphatic carbocycles. The fourth-order valence-electron chi connectivity index (χ4n) is 1.81. The van der Waals surface area contributed by atoms with Crippen LogP contribution >= 0.6 is 11.6 Å². The molecule has 122 valence electrons. The monoisotopic (exact) mass is 324 g/mol. The molecule has 4 nitrogen and oxygen atoms in total. The Balaban J connectivity index is 2.73. The third kappa shape index (κ3) is 5.02. The number of aryl methyl sites for hydroxylation is 1. The highest BCUT2D eigenvalue weighted by Crippen LogP contribution is 2.24. The van der Waals surface area contributed by atoms with Gasteiger partial charge >= 0.3 is 0 Å². The molecule has 0 saturated carbocycles. The first-order chi connectivity index (χ1) is 10.1. The summed E-state index contributed by atoms with van der Waals surface area (Å²) in [6.45, 7) is 9.86. The summed E-state index contributed by atoms with van der Waals surface area (Å²) in [6, 6.07) is 5.27. The third-order valence-electron chi connectivity index (χ3n) is 3.59. The molecule has 0 atom stereocenters. The lowest BCUT2D eigenvalue weighted by atomic mass is 9.90. The molecule has 0 heterocycles. The van der Waals surface area contributed by atoms with Gasteiger partial charge in [-0.1, -0.05) is 31.5 Å². The van der Waals surface area contributed by atoms with Crippen LogP contribution in [0.1, 0.15) is 39.7 Å². The second-order valence-electron chi connectivity index (χ2n) is 6.48. The molecule has 22 heavy (non-hydrogen) atoms. The van der Waals surface area contributed by atoms with Crippen molar-refractivity contribution in [3.05, 3.63) is 28.8 Å². The Morgan fingerprint density at radius 3 is 2.45 bits per heavy atom. The molecule has 0 bridgehead atoms. The van der Waals surface area contributed by atoms with Crippen LogP contribution in [0.2, 0.25) is 5.02 Å². The highest BCUT2D eigenvalue weighted by Gasteiger charge is 2.36. The summed E-state index contributed by atoms with van der Waals surface area (Å²) in [5, 5.41) is 6.15. The van der Waals surface area contributed by atoms with Crippen molar-refractivity contribution in [1.82, 2.24) is 5.32 Å². The first kappa shape index (κ1) is 18.5. The summed E-state index contributed by atoms with van der Waals surface area (Å²) in [5.41, 5.74) is 0.375. The lowest BCUT2D eigenvalue weighted by molar-refractivity contribution is -0.138. The number of nitrogens with one attached hydrogen (secondary N) is 2. The lowest BCUT2D eigenvalue weighted by Crippen LogP contribution is -2.45. The zero-order valence-electron chi connectivity index (χ0n) is 13.9. The maximum Gasteiger partial charge on any atom is 0.239 e. The van der Waals surface area contributed by atoms with Gasteiger partial charge in [-0.05, 0) is 50.8 Å². The number of benzene rings is 1. The summed E-state index contributed by atoms with van der Waals surface area (Å²) in [7, 11) is 0. The van der Waals surface area contributed by atoms with E-state index < -0.39 is 5.41 Å². The van der Waals surface area contributed by atoms with E-state index in [0.717, 1.165) is 12.0 Å². The zero-order chi connectivity index (χ0) is 16.9. The van der Waals surface area contributed by atoms with E-state index in [-0.39, 0.29) is 11.8 Å². The molecule has 5 heteroatoms. The second-order valence-corrected chi connectivity index (χ2v) is 6.91. The average molecular weight is 325 g/mol. The minimum absolute atomic E-state index is 0.273. The summed E-state index contributed by atoms with van der Waals surface area (Å²) >= 11 is 5.94. The van der Waals surface area contributed by atoms with Gasteiger partial charge in [-0.25, -0.2) is 0 Å². The van der Waals surface area contributed by atoms with Gasteiger partial charge in [-0.15, -0.1) is 0 Å². The maximum atomic E-state index is 12.4. The van der Waals surface area contributed by atoms with Gasteiger partial charge in [-0.3, -0.25) is 9.59 Å². The standard InChI is InChI=1S/C17H25ClN2O2/c1-11(2)8-9-19-15(21)17(4,5)16(22)20-14-10-13(18)7-6-12(14)3/h6-7,10-11H,8-9H2,1-5H3,(H,19,21)(H,20,22). The number of anilines is 1. The van der Waals surface area contributed by atoms with Crippen LogP contribution in [-0.2, 0) is 9.59 Å². The number of carbonyl (C=O) groups is 2. The first-order valence-electron chi connectivity index (χ1n) is 7.50. The van der Waals surface area contributed by atoms with Gasteiger partial charge < -0.3 is 10.6 Å². The Kier molecular flexibility index (Phi) is 6.42. The molecule has 0 saturated heterocycles.